The summed E-state index contributed by atoms with van der Waals surface area (Å²) >= 11 is 0. The summed E-state index contributed by atoms with van der Waals surface area (Å²) in [7, 11) is 1.65. The Hall–Kier alpha value is -2.34. The molecule has 1 aliphatic heterocycles. The van der Waals surface area contributed by atoms with E-state index in [9.17, 15) is 0 Å². The maximum absolute atomic E-state index is 5.93. The minimum Gasteiger partial charge on any atom is -0.497 e. The van der Waals surface area contributed by atoms with Crippen molar-refractivity contribution in [1.82, 2.24) is 9.97 Å². The quantitative estimate of drug-likeness (QED) is 0.923. The fourth-order valence-electron chi connectivity index (χ4n) is 2.27. The number of ether oxygens (including phenoxy) is 2. The van der Waals surface area contributed by atoms with Gasteiger partial charge in [-0.2, -0.15) is 4.98 Å². The highest BCUT2D eigenvalue weighted by molar-refractivity contribution is 5.64. The summed E-state index contributed by atoms with van der Waals surface area (Å²) in [6, 6.07) is 9.52. The molecule has 0 saturated carbocycles. The predicted octanol–water partition coefficient (Wildman–Crippen LogP) is 1.57. The summed E-state index contributed by atoms with van der Waals surface area (Å²) in [6.07, 6.45) is 0. The van der Waals surface area contributed by atoms with E-state index in [2.05, 4.69) is 14.9 Å². The van der Waals surface area contributed by atoms with Crippen molar-refractivity contribution in [1.29, 1.82) is 0 Å². The second-order valence-electron chi connectivity index (χ2n) is 4.81. The first-order chi connectivity index (χ1) is 10.3. The smallest absolute Gasteiger partial charge is 0.228 e. The summed E-state index contributed by atoms with van der Waals surface area (Å²) in [6.45, 7) is 2.95. The maximum atomic E-state index is 5.93. The number of nitrogen functional groups attached to an aromatic ring is 1. The molecular formula is C15H18N4O2. The SMILES string of the molecule is COc1ccc(-c2cc(N)nc(N3CCOCC3)n2)cc1. The highest BCUT2D eigenvalue weighted by Crippen LogP contribution is 2.24. The zero-order chi connectivity index (χ0) is 14.7. The summed E-state index contributed by atoms with van der Waals surface area (Å²) in [5, 5.41) is 0. The number of rotatable bonds is 3. The first-order valence-electron chi connectivity index (χ1n) is 6.88. The monoisotopic (exact) mass is 286 g/mol. The highest BCUT2D eigenvalue weighted by Gasteiger charge is 2.15. The molecule has 0 amide bonds. The summed E-state index contributed by atoms with van der Waals surface area (Å²) in [4.78, 5) is 11.0. The molecule has 21 heavy (non-hydrogen) atoms. The number of methoxy groups -OCH3 is 1. The van der Waals surface area contributed by atoms with Crippen LogP contribution in [0, 0.1) is 0 Å². The molecule has 6 nitrogen and oxygen atoms in total. The van der Waals surface area contributed by atoms with Gasteiger partial charge in [-0.25, -0.2) is 4.98 Å². The van der Waals surface area contributed by atoms with Gasteiger partial charge >= 0.3 is 0 Å². The molecule has 0 spiro atoms. The van der Waals surface area contributed by atoms with Gasteiger partial charge in [0.1, 0.15) is 11.6 Å². The van der Waals surface area contributed by atoms with Gasteiger partial charge in [0.15, 0.2) is 0 Å². The van der Waals surface area contributed by atoms with E-state index in [1.54, 1.807) is 13.2 Å². The van der Waals surface area contributed by atoms with Crippen molar-refractivity contribution >= 4 is 11.8 Å². The topological polar surface area (TPSA) is 73.5 Å². The molecule has 6 heteroatoms. The van der Waals surface area contributed by atoms with E-state index < -0.39 is 0 Å². The molecule has 2 N–H and O–H groups in total. The molecule has 0 radical (unpaired) electrons. The van der Waals surface area contributed by atoms with E-state index >= 15 is 0 Å². The van der Waals surface area contributed by atoms with Gasteiger partial charge in [0.2, 0.25) is 5.95 Å². The maximum Gasteiger partial charge on any atom is 0.228 e. The normalized spacial score (nSPS) is 15.0. The second kappa shape index (κ2) is 5.97. The number of hydrogen-bond acceptors (Lipinski definition) is 6. The molecule has 1 fully saturated rings. The fourth-order valence-corrected chi connectivity index (χ4v) is 2.27. The molecule has 110 valence electrons. The summed E-state index contributed by atoms with van der Waals surface area (Å²) < 4.78 is 10.5. The lowest BCUT2D eigenvalue weighted by Crippen LogP contribution is -2.37. The average molecular weight is 286 g/mol. The number of anilines is 2. The Kier molecular flexibility index (Phi) is 3.87. The van der Waals surface area contributed by atoms with Crippen molar-refractivity contribution < 1.29 is 9.47 Å². The lowest BCUT2D eigenvalue weighted by molar-refractivity contribution is 0.122. The van der Waals surface area contributed by atoms with Crippen LogP contribution in [-0.2, 0) is 4.74 Å². The highest BCUT2D eigenvalue weighted by atomic mass is 16.5. The molecule has 1 aliphatic rings. The van der Waals surface area contributed by atoms with Crippen LogP contribution in [-0.4, -0.2) is 43.4 Å². The van der Waals surface area contributed by atoms with E-state index in [4.69, 9.17) is 15.2 Å². The average Bonchev–Trinajstić information content (AvgIpc) is 2.55. The number of aromatic nitrogens is 2. The minimum absolute atomic E-state index is 0.470. The Morgan fingerprint density at radius 1 is 1.14 bits per heavy atom. The van der Waals surface area contributed by atoms with Crippen LogP contribution in [0.25, 0.3) is 11.3 Å². The van der Waals surface area contributed by atoms with Gasteiger partial charge < -0.3 is 20.1 Å². The van der Waals surface area contributed by atoms with Crippen LogP contribution < -0.4 is 15.4 Å². The third-order valence-corrected chi connectivity index (χ3v) is 3.41. The van der Waals surface area contributed by atoms with Crippen molar-refractivity contribution in [3.8, 4) is 17.0 Å². The zero-order valence-electron chi connectivity index (χ0n) is 12.0. The number of morpholine rings is 1. The van der Waals surface area contributed by atoms with Crippen LogP contribution in [0.3, 0.4) is 0 Å². The van der Waals surface area contributed by atoms with Crippen LogP contribution in [0.4, 0.5) is 11.8 Å². The Bertz CT molecular complexity index is 610. The van der Waals surface area contributed by atoms with Crippen LogP contribution in [0.2, 0.25) is 0 Å². The molecule has 1 aromatic heterocycles. The molecule has 1 saturated heterocycles. The Balaban J connectivity index is 1.92. The largest absolute Gasteiger partial charge is 0.497 e. The zero-order valence-corrected chi connectivity index (χ0v) is 12.0. The number of benzene rings is 1. The predicted molar refractivity (Wildman–Crippen MR) is 81.5 cm³/mol. The minimum atomic E-state index is 0.470. The van der Waals surface area contributed by atoms with Crippen LogP contribution >= 0.6 is 0 Å². The second-order valence-corrected chi connectivity index (χ2v) is 4.81. The van der Waals surface area contributed by atoms with Crippen molar-refractivity contribution in [3.05, 3.63) is 30.3 Å². The first kappa shape index (κ1) is 13.6. The van der Waals surface area contributed by atoms with E-state index in [0.717, 1.165) is 30.1 Å². The van der Waals surface area contributed by atoms with E-state index in [0.29, 0.717) is 25.0 Å². The number of hydrogen-bond donors (Lipinski definition) is 1. The van der Waals surface area contributed by atoms with E-state index in [1.165, 1.54) is 0 Å². The molecule has 0 bridgehead atoms. The fraction of sp³-hybridized carbons (Fsp3) is 0.333. The molecule has 2 heterocycles. The van der Waals surface area contributed by atoms with Gasteiger partial charge in [0.05, 0.1) is 26.0 Å². The van der Waals surface area contributed by atoms with Crippen molar-refractivity contribution in [3.63, 3.8) is 0 Å². The van der Waals surface area contributed by atoms with Gasteiger partial charge in [-0.3, -0.25) is 0 Å². The van der Waals surface area contributed by atoms with Gasteiger partial charge in [-0.1, -0.05) is 0 Å². The van der Waals surface area contributed by atoms with Crippen molar-refractivity contribution in [2.75, 3.05) is 44.0 Å². The standard InChI is InChI=1S/C15H18N4O2/c1-20-12-4-2-11(3-5-12)13-10-14(16)18-15(17-13)19-6-8-21-9-7-19/h2-5,10H,6-9H2,1H3,(H2,16,17,18). The molecule has 3 rings (SSSR count). The summed E-state index contributed by atoms with van der Waals surface area (Å²) in [5.74, 6) is 1.94. The van der Waals surface area contributed by atoms with Crippen LogP contribution in [0.1, 0.15) is 0 Å². The summed E-state index contributed by atoms with van der Waals surface area (Å²) in [5.41, 5.74) is 7.72. The third-order valence-electron chi connectivity index (χ3n) is 3.41. The molecule has 1 aromatic carbocycles. The van der Waals surface area contributed by atoms with Crippen LogP contribution in [0.5, 0.6) is 5.75 Å². The lowest BCUT2D eigenvalue weighted by atomic mass is 10.1. The van der Waals surface area contributed by atoms with Gasteiger partial charge in [0, 0.05) is 24.7 Å². The third kappa shape index (κ3) is 3.05. The Labute approximate surface area is 123 Å². The van der Waals surface area contributed by atoms with E-state index in [1.807, 2.05) is 24.3 Å². The van der Waals surface area contributed by atoms with Gasteiger partial charge in [-0.15, -0.1) is 0 Å². The first-order valence-corrected chi connectivity index (χ1v) is 6.88. The Morgan fingerprint density at radius 2 is 1.86 bits per heavy atom. The Morgan fingerprint density at radius 3 is 2.52 bits per heavy atom. The van der Waals surface area contributed by atoms with Crippen molar-refractivity contribution in [2.45, 2.75) is 0 Å². The molecular weight excluding hydrogens is 268 g/mol. The number of nitrogens with two attached hydrogens (primary N) is 1. The number of nitrogens with zero attached hydrogens (tertiary/aromatic N) is 3. The van der Waals surface area contributed by atoms with Crippen molar-refractivity contribution in [2.24, 2.45) is 0 Å². The molecule has 2 aromatic rings. The lowest BCUT2D eigenvalue weighted by Gasteiger charge is -2.27. The van der Waals surface area contributed by atoms with Gasteiger partial charge in [0.25, 0.3) is 0 Å². The van der Waals surface area contributed by atoms with E-state index in [-0.39, 0.29) is 0 Å². The molecule has 0 atom stereocenters. The molecule has 0 unspecified atom stereocenters. The van der Waals surface area contributed by atoms with Crippen LogP contribution in [0.15, 0.2) is 30.3 Å². The molecule has 0 aliphatic carbocycles. The van der Waals surface area contributed by atoms with Gasteiger partial charge in [-0.05, 0) is 24.3 Å².